The number of hydrogen-bond acceptors (Lipinski definition) is 5. The molecule has 0 aliphatic heterocycles. The van der Waals surface area contributed by atoms with Crippen LogP contribution in [0.4, 0.5) is 0 Å². The maximum absolute atomic E-state index is 12.1. The first-order valence-corrected chi connectivity index (χ1v) is 7.93. The maximum Gasteiger partial charge on any atom is 0.281 e. The van der Waals surface area contributed by atoms with Gasteiger partial charge in [-0.05, 0) is 49.4 Å². The molecular weight excluding hydrogens is 300 g/mol. The van der Waals surface area contributed by atoms with Crippen LogP contribution in [0.15, 0.2) is 29.4 Å². The molecule has 5 nitrogen and oxygen atoms in total. The SMILES string of the molecule is O=C(NN=Cc1cccc(O)c1O)c1cc2c(s1)CCCC2. The van der Waals surface area contributed by atoms with Gasteiger partial charge in [0.1, 0.15) is 0 Å². The van der Waals surface area contributed by atoms with Crippen LogP contribution in [0, 0.1) is 0 Å². The van der Waals surface area contributed by atoms with Gasteiger partial charge in [0.25, 0.3) is 5.91 Å². The molecule has 3 N–H and O–H groups in total. The van der Waals surface area contributed by atoms with E-state index in [4.69, 9.17) is 0 Å². The second kappa shape index (κ2) is 6.19. The normalized spacial score (nSPS) is 14.0. The van der Waals surface area contributed by atoms with Crippen LogP contribution in [0.25, 0.3) is 0 Å². The second-order valence-corrected chi connectivity index (χ2v) is 6.32. The van der Waals surface area contributed by atoms with Gasteiger partial charge < -0.3 is 10.2 Å². The van der Waals surface area contributed by atoms with E-state index in [0.717, 1.165) is 12.8 Å². The number of phenolic OH excluding ortho intramolecular Hbond substituents is 2. The van der Waals surface area contributed by atoms with Gasteiger partial charge in [-0.25, -0.2) is 5.43 Å². The highest BCUT2D eigenvalue weighted by molar-refractivity contribution is 7.14. The van der Waals surface area contributed by atoms with E-state index in [2.05, 4.69) is 10.5 Å². The number of rotatable bonds is 3. The zero-order chi connectivity index (χ0) is 15.5. The van der Waals surface area contributed by atoms with E-state index in [1.807, 2.05) is 6.07 Å². The van der Waals surface area contributed by atoms with E-state index in [9.17, 15) is 15.0 Å². The van der Waals surface area contributed by atoms with Crippen molar-refractivity contribution >= 4 is 23.5 Å². The third kappa shape index (κ3) is 2.96. The summed E-state index contributed by atoms with van der Waals surface area (Å²) >= 11 is 1.52. The Labute approximate surface area is 131 Å². The van der Waals surface area contributed by atoms with Crippen molar-refractivity contribution in [3.05, 3.63) is 45.1 Å². The number of para-hydroxylation sites is 1. The molecule has 0 saturated carbocycles. The summed E-state index contributed by atoms with van der Waals surface area (Å²) in [6.45, 7) is 0. The average molecular weight is 316 g/mol. The molecule has 1 heterocycles. The number of benzene rings is 1. The van der Waals surface area contributed by atoms with Crippen LogP contribution in [0.1, 0.15) is 38.5 Å². The number of fused-ring (bicyclic) bond motifs is 1. The topological polar surface area (TPSA) is 81.9 Å². The van der Waals surface area contributed by atoms with Crippen LogP contribution >= 0.6 is 11.3 Å². The summed E-state index contributed by atoms with van der Waals surface area (Å²) in [6.07, 6.45) is 5.76. The lowest BCUT2D eigenvalue weighted by Gasteiger charge is -2.08. The van der Waals surface area contributed by atoms with Crippen molar-refractivity contribution in [2.45, 2.75) is 25.7 Å². The second-order valence-electron chi connectivity index (χ2n) is 5.18. The Kier molecular flexibility index (Phi) is 4.11. The Balaban J connectivity index is 1.68. The largest absolute Gasteiger partial charge is 0.504 e. The number of thiophene rings is 1. The lowest BCUT2D eigenvalue weighted by molar-refractivity contribution is 0.0959. The van der Waals surface area contributed by atoms with Gasteiger partial charge in [0.05, 0.1) is 11.1 Å². The monoisotopic (exact) mass is 316 g/mol. The molecule has 0 saturated heterocycles. The Morgan fingerprint density at radius 1 is 1.27 bits per heavy atom. The van der Waals surface area contributed by atoms with Crippen LogP contribution in [-0.4, -0.2) is 22.3 Å². The van der Waals surface area contributed by atoms with Gasteiger partial charge in [0, 0.05) is 10.4 Å². The highest BCUT2D eigenvalue weighted by Crippen LogP contribution is 2.29. The van der Waals surface area contributed by atoms with Crippen molar-refractivity contribution in [3.8, 4) is 11.5 Å². The molecule has 1 aromatic heterocycles. The molecule has 0 unspecified atom stereocenters. The van der Waals surface area contributed by atoms with Crippen LogP contribution in [-0.2, 0) is 12.8 Å². The minimum atomic E-state index is -0.257. The quantitative estimate of drug-likeness (QED) is 0.462. The number of hydrogen-bond donors (Lipinski definition) is 3. The number of nitrogens with one attached hydrogen (secondary N) is 1. The van der Waals surface area contributed by atoms with Crippen LogP contribution < -0.4 is 5.43 Å². The molecule has 0 spiro atoms. The Hall–Kier alpha value is -2.34. The zero-order valence-corrected chi connectivity index (χ0v) is 12.7. The van der Waals surface area contributed by atoms with Gasteiger partial charge >= 0.3 is 0 Å². The van der Waals surface area contributed by atoms with Crippen molar-refractivity contribution in [2.24, 2.45) is 5.10 Å². The van der Waals surface area contributed by atoms with E-state index in [0.29, 0.717) is 10.4 Å². The van der Waals surface area contributed by atoms with E-state index < -0.39 is 0 Å². The Bertz CT molecular complexity index is 713. The van der Waals surface area contributed by atoms with Gasteiger partial charge in [0.15, 0.2) is 11.5 Å². The molecule has 1 aliphatic carbocycles. The lowest BCUT2D eigenvalue weighted by atomic mass is 9.99. The van der Waals surface area contributed by atoms with Crippen LogP contribution in [0.3, 0.4) is 0 Å². The standard InChI is InChI=1S/C16H16N2O3S/c19-12-6-3-5-11(15(12)20)9-17-18-16(21)14-8-10-4-1-2-7-13(10)22-14/h3,5-6,8-9,19-20H,1-2,4,7H2,(H,18,21). The number of phenols is 2. The average Bonchev–Trinajstić information content (AvgIpc) is 2.95. The molecule has 0 atom stereocenters. The molecular formula is C16H16N2O3S. The fourth-order valence-electron chi connectivity index (χ4n) is 2.47. The summed E-state index contributed by atoms with van der Waals surface area (Å²) in [5.41, 5.74) is 4.06. The minimum Gasteiger partial charge on any atom is -0.504 e. The maximum atomic E-state index is 12.1. The summed E-state index contributed by atoms with van der Waals surface area (Å²) in [5.74, 6) is -0.733. The molecule has 2 aromatic rings. The molecule has 22 heavy (non-hydrogen) atoms. The number of aromatic hydroxyl groups is 2. The van der Waals surface area contributed by atoms with Gasteiger partial charge in [0.2, 0.25) is 0 Å². The Morgan fingerprint density at radius 2 is 2.09 bits per heavy atom. The molecule has 0 fully saturated rings. The first kappa shape index (κ1) is 14.6. The lowest BCUT2D eigenvalue weighted by Crippen LogP contribution is -2.16. The Morgan fingerprint density at radius 3 is 2.91 bits per heavy atom. The fourth-order valence-corrected chi connectivity index (χ4v) is 3.61. The van der Waals surface area contributed by atoms with Crippen LogP contribution in [0.5, 0.6) is 11.5 Å². The molecule has 1 aliphatic rings. The third-order valence-corrected chi connectivity index (χ3v) is 4.87. The first-order chi connectivity index (χ1) is 10.6. The van der Waals surface area contributed by atoms with E-state index >= 15 is 0 Å². The van der Waals surface area contributed by atoms with Gasteiger partial charge in [-0.2, -0.15) is 5.10 Å². The summed E-state index contributed by atoms with van der Waals surface area (Å²) < 4.78 is 0. The zero-order valence-electron chi connectivity index (χ0n) is 11.9. The minimum absolute atomic E-state index is 0.221. The van der Waals surface area contributed by atoms with Crippen molar-refractivity contribution < 1.29 is 15.0 Å². The van der Waals surface area contributed by atoms with E-state index in [1.54, 1.807) is 12.1 Å². The van der Waals surface area contributed by atoms with E-state index in [1.165, 1.54) is 46.9 Å². The van der Waals surface area contributed by atoms with Gasteiger partial charge in [-0.3, -0.25) is 4.79 Å². The van der Waals surface area contributed by atoms with Crippen molar-refractivity contribution in [2.75, 3.05) is 0 Å². The predicted molar refractivity (Wildman–Crippen MR) is 85.8 cm³/mol. The van der Waals surface area contributed by atoms with Gasteiger partial charge in [-0.15, -0.1) is 11.3 Å². The number of aryl methyl sites for hydroxylation is 2. The van der Waals surface area contributed by atoms with Gasteiger partial charge in [-0.1, -0.05) is 6.07 Å². The molecule has 6 heteroatoms. The van der Waals surface area contributed by atoms with Crippen molar-refractivity contribution in [3.63, 3.8) is 0 Å². The summed E-state index contributed by atoms with van der Waals surface area (Å²) in [4.78, 5) is 14.0. The van der Waals surface area contributed by atoms with Crippen molar-refractivity contribution in [1.29, 1.82) is 0 Å². The summed E-state index contributed by atoms with van der Waals surface area (Å²) in [5, 5.41) is 22.9. The van der Waals surface area contributed by atoms with E-state index in [-0.39, 0.29) is 17.4 Å². The number of hydrazone groups is 1. The molecule has 0 bridgehead atoms. The fraction of sp³-hybridized carbons (Fsp3) is 0.250. The number of carbonyl (C=O) groups is 1. The van der Waals surface area contributed by atoms with Crippen LogP contribution in [0.2, 0.25) is 0 Å². The molecule has 114 valence electrons. The molecule has 0 radical (unpaired) electrons. The summed E-state index contributed by atoms with van der Waals surface area (Å²) in [6, 6.07) is 6.50. The highest BCUT2D eigenvalue weighted by atomic mass is 32.1. The third-order valence-electron chi connectivity index (χ3n) is 3.64. The van der Waals surface area contributed by atoms with Crippen molar-refractivity contribution in [1.82, 2.24) is 5.43 Å². The summed E-state index contributed by atoms with van der Waals surface area (Å²) in [7, 11) is 0. The first-order valence-electron chi connectivity index (χ1n) is 7.11. The predicted octanol–water partition coefficient (Wildman–Crippen LogP) is 2.80. The molecule has 3 rings (SSSR count). The molecule has 1 amide bonds. The molecule has 1 aromatic carbocycles. The number of carbonyl (C=O) groups excluding carboxylic acids is 1. The number of nitrogens with zero attached hydrogens (tertiary/aromatic N) is 1. The highest BCUT2D eigenvalue weighted by Gasteiger charge is 2.16. The smallest absolute Gasteiger partial charge is 0.281 e. The number of amides is 1.